The number of carbonyl (C=O) groups is 1. The van der Waals surface area contributed by atoms with Crippen LogP contribution < -0.4 is 0 Å². The number of carbonyl (C=O) groups excluding carboxylic acids is 1. The summed E-state index contributed by atoms with van der Waals surface area (Å²) in [6.45, 7) is 0. The molecule has 1 nitrogen and oxygen atoms in total. The first-order valence-electron chi connectivity index (χ1n) is 9.10. The van der Waals surface area contributed by atoms with Crippen molar-refractivity contribution in [1.82, 2.24) is 0 Å². The van der Waals surface area contributed by atoms with E-state index in [9.17, 15) is 4.79 Å². The van der Waals surface area contributed by atoms with Crippen LogP contribution in [0.1, 0.15) is 28.7 Å². The molecule has 0 aliphatic heterocycles. The zero-order valence-electron chi connectivity index (χ0n) is 14.9. The average molecular weight is 484 g/mol. The highest BCUT2D eigenvalue weighted by Crippen LogP contribution is 2.53. The van der Waals surface area contributed by atoms with E-state index in [2.05, 4.69) is 98.6 Å². The van der Waals surface area contributed by atoms with Gasteiger partial charge in [-0.25, -0.2) is 0 Å². The van der Waals surface area contributed by atoms with E-state index in [1.807, 2.05) is 18.2 Å². The van der Waals surface area contributed by atoms with Gasteiger partial charge in [0.05, 0.1) is 0 Å². The molecule has 0 unspecified atom stereocenters. The maximum atomic E-state index is 13.2. The maximum absolute atomic E-state index is 13.2. The van der Waals surface area contributed by atoms with Crippen LogP contribution >= 0.6 is 31.9 Å². The Kier molecular flexibility index (Phi) is 5.09. The van der Waals surface area contributed by atoms with Gasteiger partial charge < -0.3 is 0 Å². The lowest BCUT2D eigenvalue weighted by molar-refractivity contribution is -0.121. The summed E-state index contributed by atoms with van der Waals surface area (Å²) in [4.78, 5) is 13.2. The number of rotatable bonds is 4. The van der Waals surface area contributed by atoms with Crippen molar-refractivity contribution >= 4 is 37.6 Å². The van der Waals surface area contributed by atoms with E-state index in [0.29, 0.717) is 6.42 Å². The van der Waals surface area contributed by atoms with Crippen LogP contribution in [0.5, 0.6) is 0 Å². The molecule has 136 valence electrons. The zero-order valence-corrected chi connectivity index (χ0v) is 18.0. The second-order valence-electron chi connectivity index (χ2n) is 7.33. The normalized spacial score (nSPS) is 17.3. The lowest BCUT2D eigenvalue weighted by Crippen LogP contribution is -2.44. The van der Waals surface area contributed by atoms with Crippen molar-refractivity contribution in [2.75, 3.05) is 0 Å². The van der Waals surface area contributed by atoms with Crippen LogP contribution in [-0.2, 0) is 26.3 Å². The van der Waals surface area contributed by atoms with Crippen LogP contribution in [0.4, 0.5) is 0 Å². The molecule has 0 radical (unpaired) electrons. The van der Waals surface area contributed by atoms with E-state index >= 15 is 0 Å². The average Bonchev–Trinajstić information content (AvgIpc) is 2.68. The van der Waals surface area contributed by atoms with E-state index in [1.165, 1.54) is 16.7 Å². The molecule has 0 fully saturated rings. The number of ketones is 1. The first-order chi connectivity index (χ1) is 13.0. The molecule has 0 saturated heterocycles. The van der Waals surface area contributed by atoms with Crippen LogP contribution in [0.2, 0.25) is 0 Å². The van der Waals surface area contributed by atoms with Crippen molar-refractivity contribution in [3.8, 4) is 0 Å². The molecular formula is C24H20Br2O. The van der Waals surface area contributed by atoms with Crippen molar-refractivity contribution in [3.63, 3.8) is 0 Å². The van der Waals surface area contributed by atoms with Gasteiger partial charge in [0.1, 0.15) is 0 Å². The van der Waals surface area contributed by atoms with Gasteiger partial charge in [0.15, 0.2) is 9.02 Å². The Hall–Kier alpha value is -1.71. The highest BCUT2D eigenvalue weighted by atomic mass is 79.9. The summed E-state index contributed by atoms with van der Waals surface area (Å²) < 4.78 is -0.798. The van der Waals surface area contributed by atoms with E-state index in [1.54, 1.807) is 0 Å². The Labute approximate surface area is 177 Å². The first kappa shape index (κ1) is 18.6. The maximum Gasteiger partial charge on any atom is 0.165 e. The molecule has 0 saturated carbocycles. The summed E-state index contributed by atoms with van der Waals surface area (Å²) in [6.07, 6.45) is 2.16. The standard InChI is InChI=1S/C24H20Br2O/c25-24(26)21-14-8-7-13-20(21)23(17-22(24)27,15-18-9-3-1-4-10-18)16-19-11-5-2-6-12-19/h1-14H,15-17H2. The third kappa shape index (κ3) is 3.55. The predicted octanol–water partition coefficient (Wildman–Crippen LogP) is 6.33. The molecule has 0 amide bonds. The minimum Gasteiger partial charge on any atom is -0.297 e. The smallest absolute Gasteiger partial charge is 0.165 e. The summed E-state index contributed by atoms with van der Waals surface area (Å²) in [5, 5.41) is 0. The molecule has 0 atom stereocenters. The van der Waals surface area contributed by atoms with Crippen molar-refractivity contribution in [3.05, 3.63) is 107 Å². The zero-order chi connectivity index (χ0) is 18.9. The van der Waals surface area contributed by atoms with E-state index < -0.39 is 3.23 Å². The fourth-order valence-corrected chi connectivity index (χ4v) is 5.21. The highest BCUT2D eigenvalue weighted by molar-refractivity contribution is 9.25. The predicted molar refractivity (Wildman–Crippen MR) is 118 cm³/mol. The van der Waals surface area contributed by atoms with E-state index in [4.69, 9.17) is 0 Å². The van der Waals surface area contributed by atoms with Gasteiger partial charge >= 0.3 is 0 Å². The Balaban J connectivity index is 1.88. The Morgan fingerprint density at radius 2 is 1.11 bits per heavy atom. The molecule has 0 spiro atoms. The quantitative estimate of drug-likeness (QED) is 0.396. The molecular weight excluding hydrogens is 464 g/mol. The molecule has 0 bridgehead atoms. The summed E-state index contributed by atoms with van der Waals surface area (Å²) in [6, 6.07) is 29.3. The van der Waals surface area contributed by atoms with Crippen LogP contribution in [0.25, 0.3) is 0 Å². The highest BCUT2D eigenvalue weighted by Gasteiger charge is 2.49. The van der Waals surface area contributed by atoms with Gasteiger partial charge in [-0.3, -0.25) is 4.79 Å². The van der Waals surface area contributed by atoms with Gasteiger partial charge in [-0.05, 0) is 35.1 Å². The molecule has 0 N–H and O–H groups in total. The first-order valence-corrected chi connectivity index (χ1v) is 10.7. The molecule has 3 aromatic carbocycles. The van der Waals surface area contributed by atoms with Crippen molar-refractivity contribution in [2.45, 2.75) is 27.9 Å². The third-order valence-corrected chi connectivity index (χ3v) is 7.20. The Bertz CT molecular complexity index is 907. The number of Topliss-reactive ketones (excluding diaryl/α,β-unsaturated/α-hetero) is 1. The molecule has 0 heterocycles. The second kappa shape index (κ2) is 7.37. The van der Waals surface area contributed by atoms with Gasteiger partial charge in [-0.1, -0.05) is 117 Å². The van der Waals surface area contributed by atoms with E-state index in [-0.39, 0.29) is 11.2 Å². The largest absolute Gasteiger partial charge is 0.297 e. The molecule has 4 rings (SSSR count). The molecule has 1 aliphatic rings. The van der Waals surface area contributed by atoms with Crippen LogP contribution in [0.3, 0.4) is 0 Å². The summed E-state index contributed by atoms with van der Waals surface area (Å²) in [5.41, 5.74) is 4.51. The van der Waals surface area contributed by atoms with Crippen LogP contribution in [0.15, 0.2) is 84.9 Å². The number of hydrogen-bond donors (Lipinski definition) is 0. The number of benzene rings is 3. The van der Waals surface area contributed by atoms with Gasteiger partial charge in [0, 0.05) is 11.8 Å². The lowest BCUT2D eigenvalue weighted by Gasteiger charge is -2.43. The SMILES string of the molecule is O=C1CC(Cc2ccccc2)(Cc2ccccc2)c2ccccc2C1(Br)Br. The van der Waals surface area contributed by atoms with Crippen LogP contribution in [0, 0.1) is 0 Å². The monoisotopic (exact) mass is 482 g/mol. The van der Waals surface area contributed by atoms with Crippen molar-refractivity contribution in [2.24, 2.45) is 0 Å². The minimum atomic E-state index is -0.798. The summed E-state index contributed by atoms with van der Waals surface area (Å²) in [7, 11) is 0. The Morgan fingerprint density at radius 3 is 1.63 bits per heavy atom. The van der Waals surface area contributed by atoms with Gasteiger partial charge in [-0.2, -0.15) is 0 Å². The molecule has 1 aliphatic carbocycles. The third-order valence-electron chi connectivity index (χ3n) is 5.46. The molecule has 3 aromatic rings. The number of hydrogen-bond acceptors (Lipinski definition) is 1. The molecule has 3 heteroatoms. The van der Waals surface area contributed by atoms with E-state index in [0.717, 1.165) is 18.4 Å². The van der Waals surface area contributed by atoms with Gasteiger partial charge in [0.25, 0.3) is 0 Å². The van der Waals surface area contributed by atoms with Gasteiger partial charge in [-0.15, -0.1) is 0 Å². The topological polar surface area (TPSA) is 17.1 Å². The summed E-state index contributed by atoms with van der Waals surface area (Å²) in [5.74, 6) is 0.174. The number of halogens is 2. The molecule has 27 heavy (non-hydrogen) atoms. The minimum absolute atomic E-state index is 0.174. The van der Waals surface area contributed by atoms with Crippen molar-refractivity contribution in [1.29, 1.82) is 0 Å². The summed E-state index contributed by atoms with van der Waals surface area (Å²) >= 11 is 7.29. The van der Waals surface area contributed by atoms with Crippen molar-refractivity contribution < 1.29 is 4.79 Å². The lowest BCUT2D eigenvalue weighted by atomic mass is 9.63. The van der Waals surface area contributed by atoms with Crippen LogP contribution in [-0.4, -0.2) is 5.78 Å². The Morgan fingerprint density at radius 1 is 0.667 bits per heavy atom. The number of fused-ring (bicyclic) bond motifs is 1. The second-order valence-corrected chi connectivity index (χ2v) is 10.8. The number of alkyl halides is 2. The van der Waals surface area contributed by atoms with Gasteiger partial charge in [0.2, 0.25) is 0 Å². The fraction of sp³-hybridized carbons (Fsp3) is 0.208. The fourth-order valence-electron chi connectivity index (χ4n) is 4.23. The molecule has 0 aromatic heterocycles.